The maximum Gasteiger partial charge on any atom is 0.257 e. The van der Waals surface area contributed by atoms with Gasteiger partial charge in [-0.05, 0) is 56.4 Å². The average molecular weight is 395 g/mol. The summed E-state index contributed by atoms with van der Waals surface area (Å²) in [5.41, 5.74) is 1.59. The minimum Gasteiger partial charge on any atom is -0.490 e. The van der Waals surface area contributed by atoms with Gasteiger partial charge in [0.1, 0.15) is 11.9 Å². The molecule has 3 heterocycles. The maximum absolute atomic E-state index is 12.3. The van der Waals surface area contributed by atoms with Crippen molar-refractivity contribution in [2.45, 2.75) is 57.1 Å². The highest BCUT2D eigenvalue weighted by Crippen LogP contribution is 2.27. The Labute approximate surface area is 172 Å². The number of benzene rings is 1. The Morgan fingerprint density at radius 1 is 0.931 bits per heavy atom. The number of ether oxygens (including phenoxy) is 1. The summed E-state index contributed by atoms with van der Waals surface area (Å²) in [7, 11) is 0. The second-order valence-electron chi connectivity index (χ2n) is 8.60. The van der Waals surface area contributed by atoms with Gasteiger partial charge in [0.15, 0.2) is 0 Å². The quantitative estimate of drug-likeness (QED) is 0.779. The minimum atomic E-state index is 0.0754. The Morgan fingerprint density at radius 3 is 2.31 bits per heavy atom. The Bertz CT molecular complexity index is 829. The van der Waals surface area contributed by atoms with Gasteiger partial charge < -0.3 is 14.5 Å². The number of aromatic nitrogens is 2. The van der Waals surface area contributed by atoms with Gasteiger partial charge in [0.25, 0.3) is 5.91 Å². The van der Waals surface area contributed by atoms with Crippen LogP contribution in [0, 0.1) is 0 Å². The molecule has 2 saturated heterocycles. The van der Waals surface area contributed by atoms with Crippen LogP contribution in [0.5, 0.6) is 5.75 Å². The molecule has 154 valence electrons. The van der Waals surface area contributed by atoms with Crippen molar-refractivity contribution in [2.75, 3.05) is 26.2 Å². The van der Waals surface area contributed by atoms with Crippen LogP contribution in [0.2, 0.25) is 0 Å². The Kier molecular flexibility index (Phi) is 5.27. The van der Waals surface area contributed by atoms with Crippen LogP contribution in [0.15, 0.2) is 36.7 Å². The van der Waals surface area contributed by atoms with E-state index in [1.54, 1.807) is 10.9 Å². The third kappa shape index (κ3) is 4.04. The van der Waals surface area contributed by atoms with Gasteiger partial charge >= 0.3 is 0 Å². The molecule has 2 aliphatic heterocycles. The second-order valence-corrected chi connectivity index (χ2v) is 8.60. The molecule has 0 N–H and O–H groups in total. The van der Waals surface area contributed by atoms with Crippen LogP contribution in [-0.2, 0) is 0 Å². The van der Waals surface area contributed by atoms with Crippen molar-refractivity contribution in [1.29, 1.82) is 0 Å². The van der Waals surface area contributed by atoms with Crippen molar-refractivity contribution in [3.05, 3.63) is 42.2 Å². The van der Waals surface area contributed by atoms with Crippen LogP contribution in [0.4, 0.5) is 0 Å². The molecule has 3 aliphatic rings. The molecule has 1 aromatic carbocycles. The zero-order valence-electron chi connectivity index (χ0n) is 17.0. The molecule has 1 aromatic heterocycles. The van der Waals surface area contributed by atoms with Crippen molar-refractivity contribution < 1.29 is 9.53 Å². The molecular formula is C23H30N4O2. The zero-order chi connectivity index (χ0) is 19.6. The second kappa shape index (κ2) is 8.19. The van der Waals surface area contributed by atoms with Crippen molar-refractivity contribution >= 4 is 5.91 Å². The first-order valence-corrected chi connectivity index (χ1v) is 11.1. The molecule has 5 rings (SSSR count). The lowest BCUT2D eigenvalue weighted by molar-refractivity contribution is 0.0651. The lowest BCUT2D eigenvalue weighted by atomic mass is 10.0. The van der Waals surface area contributed by atoms with Gasteiger partial charge in [-0.25, -0.2) is 4.68 Å². The van der Waals surface area contributed by atoms with E-state index in [4.69, 9.17) is 4.74 Å². The number of hydrogen-bond donors (Lipinski definition) is 0. The Balaban J connectivity index is 1.16. The number of amides is 1. The zero-order valence-corrected chi connectivity index (χ0v) is 17.0. The number of rotatable bonds is 5. The smallest absolute Gasteiger partial charge is 0.257 e. The van der Waals surface area contributed by atoms with Gasteiger partial charge in [-0.1, -0.05) is 12.8 Å². The van der Waals surface area contributed by atoms with Crippen LogP contribution >= 0.6 is 0 Å². The fourth-order valence-corrected chi connectivity index (χ4v) is 4.77. The molecule has 1 aliphatic carbocycles. The number of likely N-dealkylation sites (tertiary alicyclic amines) is 2. The first-order valence-electron chi connectivity index (χ1n) is 11.1. The van der Waals surface area contributed by atoms with Crippen LogP contribution in [0.25, 0.3) is 5.69 Å². The summed E-state index contributed by atoms with van der Waals surface area (Å²) in [6, 6.07) is 8.86. The highest BCUT2D eigenvalue weighted by atomic mass is 16.5. The number of piperidine rings is 1. The molecular weight excluding hydrogens is 364 g/mol. The van der Waals surface area contributed by atoms with Crippen LogP contribution < -0.4 is 4.74 Å². The summed E-state index contributed by atoms with van der Waals surface area (Å²) in [5, 5.41) is 4.36. The first kappa shape index (κ1) is 18.7. The van der Waals surface area contributed by atoms with Crippen LogP contribution in [-0.4, -0.2) is 63.8 Å². The van der Waals surface area contributed by atoms with Crippen molar-refractivity contribution in [1.82, 2.24) is 19.6 Å². The fourth-order valence-electron chi connectivity index (χ4n) is 4.77. The van der Waals surface area contributed by atoms with E-state index in [9.17, 15) is 4.79 Å². The van der Waals surface area contributed by atoms with Crippen molar-refractivity contribution in [2.24, 2.45) is 0 Å². The Hall–Kier alpha value is -2.34. The van der Waals surface area contributed by atoms with Crippen molar-refractivity contribution in [3.63, 3.8) is 0 Å². The van der Waals surface area contributed by atoms with Gasteiger partial charge in [-0.3, -0.25) is 4.79 Å². The molecule has 29 heavy (non-hydrogen) atoms. The van der Waals surface area contributed by atoms with Gasteiger partial charge in [-0.2, -0.15) is 5.10 Å². The standard InChI is InChI=1S/C23H30N4O2/c28-23(26-12-3-13-26)18-16-24-27(17-18)20-6-8-21(9-7-20)29-22-10-14-25(15-11-22)19-4-1-2-5-19/h6-9,16-17,19,22H,1-5,10-15H2. The number of hydrogen-bond acceptors (Lipinski definition) is 4. The van der Waals surface area contributed by atoms with E-state index in [1.807, 2.05) is 35.4 Å². The van der Waals surface area contributed by atoms with E-state index in [-0.39, 0.29) is 5.91 Å². The maximum atomic E-state index is 12.3. The molecule has 0 atom stereocenters. The van der Waals surface area contributed by atoms with E-state index in [2.05, 4.69) is 10.00 Å². The summed E-state index contributed by atoms with van der Waals surface area (Å²) in [6.45, 7) is 4.04. The third-order valence-electron chi connectivity index (χ3n) is 6.69. The average Bonchev–Trinajstić information content (AvgIpc) is 3.40. The third-order valence-corrected chi connectivity index (χ3v) is 6.69. The normalized spacial score (nSPS) is 21.3. The van der Waals surface area contributed by atoms with Gasteiger partial charge in [0.05, 0.1) is 17.4 Å². The van der Waals surface area contributed by atoms with E-state index < -0.39 is 0 Å². The van der Waals surface area contributed by atoms with E-state index in [0.717, 1.165) is 62.9 Å². The summed E-state index contributed by atoms with van der Waals surface area (Å²) in [4.78, 5) is 16.8. The van der Waals surface area contributed by atoms with E-state index in [1.165, 1.54) is 25.7 Å². The number of nitrogens with zero attached hydrogens (tertiary/aromatic N) is 4. The van der Waals surface area contributed by atoms with Gasteiger partial charge in [0.2, 0.25) is 0 Å². The predicted octanol–water partition coefficient (Wildman–Crippen LogP) is 3.50. The fraction of sp³-hybridized carbons (Fsp3) is 0.565. The summed E-state index contributed by atoms with van der Waals surface area (Å²) in [5.74, 6) is 0.989. The summed E-state index contributed by atoms with van der Waals surface area (Å²) in [6.07, 6.45) is 12.7. The lowest BCUT2D eigenvalue weighted by Gasteiger charge is -2.36. The first-order chi connectivity index (χ1) is 14.3. The van der Waals surface area contributed by atoms with Crippen LogP contribution in [0.1, 0.15) is 55.3 Å². The molecule has 6 heteroatoms. The molecule has 3 fully saturated rings. The molecule has 6 nitrogen and oxygen atoms in total. The number of carbonyl (C=O) groups excluding carboxylic acids is 1. The summed E-state index contributed by atoms with van der Waals surface area (Å²) >= 11 is 0. The highest BCUT2D eigenvalue weighted by molar-refractivity contribution is 5.94. The SMILES string of the molecule is O=C(c1cnn(-c2ccc(OC3CCN(C4CCCC4)CC3)cc2)c1)N1CCC1. The monoisotopic (exact) mass is 394 g/mol. The molecule has 1 amide bonds. The van der Waals surface area contributed by atoms with Gasteiger partial charge in [-0.15, -0.1) is 0 Å². The van der Waals surface area contributed by atoms with E-state index >= 15 is 0 Å². The minimum absolute atomic E-state index is 0.0754. The number of carbonyl (C=O) groups is 1. The molecule has 0 radical (unpaired) electrons. The van der Waals surface area contributed by atoms with Crippen molar-refractivity contribution in [3.8, 4) is 11.4 Å². The highest BCUT2D eigenvalue weighted by Gasteiger charge is 2.28. The summed E-state index contributed by atoms with van der Waals surface area (Å²) < 4.78 is 8.00. The van der Waals surface area contributed by atoms with Crippen LogP contribution in [0.3, 0.4) is 0 Å². The topological polar surface area (TPSA) is 50.6 Å². The molecule has 0 unspecified atom stereocenters. The predicted molar refractivity (Wildman–Crippen MR) is 112 cm³/mol. The Morgan fingerprint density at radius 2 is 1.66 bits per heavy atom. The van der Waals surface area contributed by atoms with E-state index in [0.29, 0.717) is 11.7 Å². The molecule has 1 saturated carbocycles. The molecule has 0 spiro atoms. The molecule has 2 aromatic rings. The largest absolute Gasteiger partial charge is 0.490 e. The van der Waals surface area contributed by atoms with Gasteiger partial charge in [0, 0.05) is 38.4 Å². The molecule has 0 bridgehead atoms. The lowest BCUT2D eigenvalue weighted by Crippen LogP contribution is -2.43.